The highest BCUT2D eigenvalue weighted by molar-refractivity contribution is 5.14. The van der Waals surface area contributed by atoms with E-state index in [2.05, 4.69) is 29.3 Å². The summed E-state index contributed by atoms with van der Waals surface area (Å²) in [5.41, 5.74) is 0.376. The standard InChI is InChI=1S/C9H15N3O/c1-9(2)4-6(9)8-11-7(5-10-3)13-12-8/h6,10H,4-5H2,1-3H3. The molecule has 0 aromatic carbocycles. The van der Waals surface area contributed by atoms with Gasteiger partial charge in [0, 0.05) is 5.92 Å². The fourth-order valence-corrected chi connectivity index (χ4v) is 1.54. The summed E-state index contributed by atoms with van der Waals surface area (Å²) in [6.07, 6.45) is 1.17. The topological polar surface area (TPSA) is 51.0 Å². The highest BCUT2D eigenvalue weighted by atomic mass is 16.5. The summed E-state index contributed by atoms with van der Waals surface area (Å²) in [5, 5.41) is 6.95. The van der Waals surface area contributed by atoms with Gasteiger partial charge in [0.1, 0.15) is 0 Å². The number of aromatic nitrogens is 2. The second kappa shape index (κ2) is 2.80. The maximum Gasteiger partial charge on any atom is 0.240 e. The predicted octanol–water partition coefficient (Wildman–Crippen LogP) is 1.30. The molecule has 1 unspecified atom stereocenters. The molecule has 0 amide bonds. The lowest BCUT2D eigenvalue weighted by Gasteiger charge is -1.95. The molecule has 1 saturated carbocycles. The van der Waals surface area contributed by atoms with Gasteiger partial charge in [0.2, 0.25) is 5.89 Å². The molecule has 1 atom stereocenters. The second-order valence-corrected chi connectivity index (χ2v) is 4.32. The quantitative estimate of drug-likeness (QED) is 0.763. The molecule has 1 aromatic heterocycles. The van der Waals surface area contributed by atoms with Gasteiger partial charge in [-0.3, -0.25) is 0 Å². The number of hydrogen-bond acceptors (Lipinski definition) is 4. The maximum absolute atomic E-state index is 5.08. The number of rotatable bonds is 3. The summed E-state index contributed by atoms with van der Waals surface area (Å²) in [7, 11) is 1.87. The molecular formula is C9H15N3O. The van der Waals surface area contributed by atoms with Crippen LogP contribution in [-0.4, -0.2) is 17.2 Å². The van der Waals surface area contributed by atoms with Gasteiger partial charge in [-0.2, -0.15) is 4.98 Å². The van der Waals surface area contributed by atoms with Gasteiger partial charge < -0.3 is 9.84 Å². The Hall–Kier alpha value is -0.900. The molecule has 1 aromatic rings. The lowest BCUT2D eigenvalue weighted by molar-refractivity contribution is 0.365. The van der Waals surface area contributed by atoms with Crippen LogP contribution in [0.15, 0.2) is 4.52 Å². The van der Waals surface area contributed by atoms with Crippen molar-refractivity contribution >= 4 is 0 Å². The van der Waals surface area contributed by atoms with Crippen LogP contribution < -0.4 is 5.32 Å². The average molecular weight is 181 g/mol. The Morgan fingerprint density at radius 1 is 1.62 bits per heavy atom. The van der Waals surface area contributed by atoms with E-state index in [1.165, 1.54) is 6.42 Å². The average Bonchev–Trinajstić information content (AvgIpc) is 2.52. The van der Waals surface area contributed by atoms with E-state index in [1.54, 1.807) is 0 Å². The fraction of sp³-hybridized carbons (Fsp3) is 0.778. The first-order chi connectivity index (χ1) is 6.13. The minimum atomic E-state index is 0.376. The van der Waals surface area contributed by atoms with Crippen molar-refractivity contribution in [3.8, 4) is 0 Å². The van der Waals surface area contributed by atoms with Gasteiger partial charge in [0.05, 0.1) is 6.54 Å². The van der Waals surface area contributed by atoms with Crippen LogP contribution in [0.2, 0.25) is 0 Å². The Balaban J connectivity index is 2.07. The van der Waals surface area contributed by atoms with E-state index in [1.807, 2.05) is 7.05 Å². The summed E-state index contributed by atoms with van der Waals surface area (Å²) >= 11 is 0. The van der Waals surface area contributed by atoms with Gasteiger partial charge >= 0.3 is 0 Å². The van der Waals surface area contributed by atoms with Crippen molar-refractivity contribution < 1.29 is 4.52 Å². The van der Waals surface area contributed by atoms with Gasteiger partial charge in [-0.1, -0.05) is 19.0 Å². The molecule has 0 saturated heterocycles. The molecule has 1 heterocycles. The summed E-state index contributed by atoms with van der Waals surface area (Å²) in [5.74, 6) is 2.05. The van der Waals surface area contributed by atoms with Crippen molar-refractivity contribution in [1.82, 2.24) is 15.5 Å². The van der Waals surface area contributed by atoms with Crippen LogP contribution in [0.5, 0.6) is 0 Å². The third kappa shape index (κ3) is 1.58. The highest BCUT2D eigenvalue weighted by Crippen LogP contribution is 2.57. The molecule has 4 heteroatoms. The molecule has 0 bridgehead atoms. The number of hydrogen-bond donors (Lipinski definition) is 1. The Morgan fingerprint density at radius 3 is 2.85 bits per heavy atom. The van der Waals surface area contributed by atoms with Gasteiger partial charge in [-0.05, 0) is 18.9 Å². The molecule has 0 spiro atoms. The Morgan fingerprint density at radius 2 is 2.31 bits per heavy atom. The molecule has 1 aliphatic rings. The van der Waals surface area contributed by atoms with Gasteiger partial charge in [0.15, 0.2) is 5.82 Å². The maximum atomic E-state index is 5.08. The van der Waals surface area contributed by atoms with Crippen molar-refractivity contribution in [1.29, 1.82) is 0 Å². The monoisotopic (exact) mass is 181 g/mol. The van der Waals surface area contributed by atoms with Crippen LogP contribution in [0.4, 0.5) is 0 Å². The molecule has 13 heavy (non-hydrogen) atoms. The highest BCUT2D eigenvalue weighted by Gasteiger charge is 2.49. The smallest absolute Gasteiger partial charge is 0.240 e. The molecular weight excluding hydrogens is 166 g/mol. The summed E-state index contributed by atoms with van der Waals surface area (Å²) in [4.78, 5) is 4.32. The lowest BCUT2D eigenvalue weighted by Crippen LogP contribution is -2.05. The first-order valence-electron chi connectivity index (χ1n) is 4.60. The SMILES string of the molecule is CNCc1nc(C2CC2(C)C)no1. The van der Waals surface area contributed by atoms with Crippen molar-refractivity contribution in [3.63, 3.8) is 0 Å². The second-order valence-electron chi connectivity index (χ2n) is 4.32. The molecule has 1 aliphatic carbocycles. The Labute approximate surface area is 77.7 Å². The van der Waals surface area contributed by atoms with Crippen LogP contribution in [0.1, 0.15) is 37.9 Å². The van der Waals surface area contributed by atoms with E-state index in [-0.39, 0.29) is 0 Å². The minimum Gasteiger partial charge on any atom is -0.338 e. The van der Waals surface area contributed by atoms with E-state index in [4.69, 9.17) is 4.52 Å². The third-order valence-electron chi connectivity index (χ3n) is 2.64. The van der Waals surface area contributed by atoms with E-state index >= 15 is 0 Å². The van der Waals surface area contributed by atoms with Crippen molar-refractivity contribution in [2.45, 2.75) is 32.7 Å². The minimum absolute atomic E-state index is 0.376. The van der Waals surface area contributed by atoms with Crippen molar-refractivity contribution in [2.75, 3.05) is 7.05 Å². The van der Waals surface area contributed by atoms with Crippen LogP contribution >= 0.6 is 0 Å². The zero-order valence-electron chi connectivity index (χ0n) is 8.29. The van der Waals surface area contributed by atoms with E-state index < -0.39 is 0 Å². The van der Waals surface area contributed by atoms with Crippen LogP contribution in [0.3, 0.4) is 0 Å². The van der Waals surface area contributed by atoms with Crippen LogP contribution in [0, 0.1) is 5.41 Å². The number of nitrogens with one attached hydrogen (secondary N) is 1. The van der Waals surface area contributed by atoms with Gasteiger partial charge in [-0.25, -0.2) is 0 Å². The first-order valence-corrected chi connectivity index (χ1v) is 4.60. The van der Waals surface area contributed by atoms with E-state index in [0.717, 1.165) is 5.82 Å². The zero-order valence-corrected chi connectivity index (χ0v) is 8.29. The Kier molecular flexibility index (Phi) is 1.87. The van der Waals surface area contributed by atoms with Crippen LogP contribution in [0.25, 0.3) is 0 Å². The molecule has 72 valence electrons. The molecule has 0 radical (unpaired) electrons. The summed E-state index contributed by atoms with van der Waals surface area (Å²) in [6, 6.07) is 0. The normalized spacial score (nSPS) is 24.7. The largest absolute Gasteiger partial charge is 0.338 e. The van der Waals surface area contributed by atoms with Crippen molar-refractivity contribution in [2.24, 2.45) is 5.41 Å². The summed E-state index contributed by atoms with van der Waals surface area (Å²) in [6.45, 7) is 5.11. The van der Waals surface area contributed by atoms with Gasteiger partial charge in [-0.15, -0.1) is 0 Å². The van der Waals surface area contributed by atoms with Crippen LogP contribution in [-0.2, 0) is 6.54 Å². The molecule has 4 nitrogen and oxygen atoms in total. The zero-order chi connectivity index (χ0) is 9.47. The molecule has 1 fully saturated rings. The van der Waals surface area contributed by atoms with Crippen molar-refractivity contribution in [3.05, 3.63) is 11.7 Å². The number of nitrogens with zero attached hydrogens (tertiary/aromatic N) is 2. The molecule has 0 aliphatic heterocycles. The first kappa shape index (κ1) is 8.69. The molecule has 1 N–H and O–H groups in total. The van der Waals surface area contributed by atoms with E-state index in [9.17, 15) is 0 Å². The van der Waals surface area contributed by atoms with E-state index in [0.29, 0.717) is 23.8 Å². The molecule has 2 rings (SSSR count). The summed E-state index contributed by atoms with van der Waals surface area (Å²) < 4.78 is 5.08. The predicted molar refractivity (Wildman–Crippen MR) is 48.2 cm³/mol. The lowest BCUT2D eigenvalue weighted by atomic mass is 10.1. The third-order valence-corrected chi connectivity index (χ3v) is 2.64. The van der Waals surface area contributed by atoms with Gasteiger partial charge in [0.25, 0.3) is 0 Å². The Bertz CT molecular complexity index is 306. The fourth-order valence-electron chi connectivity index (χ4n) is 1.54.